The van der Waals surface area contributed by atoms with E-state index in [0.717, 1.165) is 54.8 Å². The van der Waals surface area contributed by atoms with E-state index in [9.17, 15) is 0 Å². The highest BCUT2D eigenvalue weighted by Gasteiger charge is 2.35. The minimum Gasteiger partial charge on any atom is -0.385 e. The molecule has 0 saturated heterocycles. The largest absolute Gasteiger partial charge is 0.385 e. The third-order valence-electron chi connectivity index (χ3n) is 14.5. The lowest BCUT2D eigenvalue weighted by molar-refractivity contribution is 0.474. The van der Waals surface area contributed by atoms with E-state index in [0.29, 0.717) is 5.92 Å². The maximum Gasteiger partial charge on any atom is 0.0429 e. The summed E-state index contributed by atoms with van der Waals surface area (Å²) in [7, 11) is 0. The van der Waals surface area contributed by atoms with Crippen molar-refractivity contribution in [3.05, 3.63) is 228 Å². The summed E-state index contributed by atoms with van der Waals surface area (Å²) in [5, 5.41) is 10.4. The number of allylic oxidation sites excluding steroid dienone is 6. The third kappa shape index (κ3) is 11.5. The molecule has 6 atom stereocenters. The van der Waals surface area contributed by atoms with Crippen molar-refractivity contribution in [2.45, 2.75) is 82.2 Å². The highest BCUT2D eigenvalue weighted by atomic mass is 15.1. The average Bonchev–Trinajstić information content (AvgIpc) is 4.25. The first kappa shape index (κ1) is 44.0. The number of benzene rings is 6. The number of hydrogen-bond acceptors (Lipinski definition) is 4. The van der Waals surface area contributed by atoms with E-state index in [-0.39, 0.29) is 0 Å². The Morgan fingerprint density at radius 1 is 0.492 bits per heavy atom. The molecule has 7 aliphatic rings. The van der Waals surface area contributed by atoms with E-state index < -0.39 is 0 Å². The van der Waals surface area contributed by atoms with Gasteiger partial charge in [-0.05, 0) is 126 Å². The summed E-state index contributed by atoms with van der Waals surface area (Å²) in [6.07, 6.45) is 24.0. The van der Waals surface area contributed by atoms with Crippen LogP contribution >= 0.6 is 0 Å². The number of rotatable bonds is 5. The molecule has 4 aliphatic carbocycles. The Labute approximate surface area is 389 Å². The van der Waals surface area contributed by atoms with Gasteiger partial charge in [-0.2, -0.15) is 0 Å². The summed E-state index contributed by atoms with van der Waals surface area (Å²) >= 11 is 0. The van der Waals surface area contributed by atoms with Gasteiger partial charge < -0.3 is 20.9 Å². The lowest BCUT2D eigenvalue weighted by Gasteiger charge is -2.38. The number of nitrogens with zero attached hydrogens (tertiary/aromatic N) is 1. The number of anilines is 4. The molecule has 3 aliphatic heterocycles. The SMILES string of the molecule is C1=CC2c3ccccc3N(Cc3ccccc3)CC2C1.C1=CCC=C1.c1ccc(CNc2ccccc2)cc1.c1ccc2c(c1)NCC1CCCC21.c1ccc2c(c1)NC[C@@H]1CCC[C@H]21. The zero-order valence-electron chi connectivity index (χ0n) is 38.2. The molecule has 0 bridgehead atoms. The molecular formula is C61H68N4. The molecule has 332 valence electrons. The summed E-state index contributed by atoms with van der Waals surface area (Å²) in [5.74, 6) is 4.94. The van der Waals surface area contributed by atoms with Gasteiger partial charge in [-0.15, -0.1) is 0 Å². The first-order valence-corrected chi connectivity index (χ1v) is 24.6. The Balaban J connectivity index is 0.000000107. The first-order valence-electron chi connectivity index (χ1n) is 24.6. The Morgan fingerprint density at radius 2 is 1.02 bits per heavy atom. The van der Waals surface area contributed by atoms with Gasteiger partial charge in [0.1, 0.15) is 0 Å². The standard InChI is InChI=1S/C19H19N.C13H13N.2C12H15N.C5H6/c1-2-7-15(8-3-1)13-20-14-16-9-6-11-17(16)18-10-4-5-12-19(18)20;1-3-7-12(8-4-1)11-14-13-9-5-2-6-10-13;2*1-2-7-12-11(5-1)10-6-3-4-9(10)8-13-12;1-2-4-5-3-1/h1-8,10-12,16-17H,9,13-14H2;1-10,14H,11H2;2*1-2,5,7,9-10,13H,3-4,6,8H2;1-4H,5H2/t;;9-,10-;;/m..0../s1. The van der Waals surface area contributed by atoms with Crippen LogP contribution in [0.2, 0.25) is 0 Å². The predicted molar refractivity (Wildman–Crippen MR) is 277 cm³/mol. The minimum atomic E-state index is 0.637. The van der Waals surface area contributed by atoms with Crippen molar-refractivity contribution >= 4 is 22.7 Å². The van der Waals surface area contributed by atoms with Crippen LogP contribution in [0.25, 0.3) is 0 Å². The fourth-order valence-corrected chi connectivity index (χ4v) is 11.2. The van der Waals surface area contributed by atoms with Gasteiger partial charge in [0.05, 0.1) is 0 Å². The van der Waals surface area contributed by atoms with Crippen LogP contribution in [-0.2, 0) is 13.1 Å². The molecular weight excluding hydrogens is 789 g/mol. The van der Waals surface area contributed by atoms with Gasteiger partial charge >= 0.3 is 0 Å². The van der Waals surface area contributed by atoms with Crippen LogP contribution in [0.5, 0.6) is 0 Å². The molecule has 3 heterocycles. The smallest absolute Gasteiger partial charge is 0.0429 e. The number of hydrogen-bond donors (Lipinski definition) is 3. The van der Waals surface area contributed by atoms with Crippen LogP contribution in [0.3, 0.4) is 0 Å². The maximum atomic E-state index is 3.53. The molecule has 0 aromatic heterocycles. The van der Waals surface area contributed by atoms with Gasteiger partial charge in [0.25, 0.3) is 0 Å². The van der Waals surface area contributed by atoms with E-state index in [2.05, 4.69) is 197 Å². The summed E-state index contributed by atoms with van der Waals surface area (Å²) in [6, 6.07) is 57.9. The monoisotopic (exact) mass is 857 g/mol. The molecule has 2 saturated carbocycles. The van der Waals surface area contributed by atoms with Gasteiger partial charge in [0.2, 0.25) is 0 Å². The zero-order chi connectivity index (χ0) is 43.9. The molecule has 4 nitrogen and oxygen atoms in total. The van der Waals surface area contributed by atoms with Crippen LogP contribution in [0, 0.1) is 17.8 Å². The molecule has 0 amide bonds. The van der Waals surface area contributed by atoms with E-state index >= 15 is 0 Å². The lowest BCUT2D eigenvalue weighted by Crippen LogP contribution is -2.35. The van der Waals surface area contributed by atoms with Gasteiger partial charge in [-0.3, -0.25) is 0 Å². The fourth-order valence-electron chi connectivity index (χ4n) is 11.2. The first-order chi connectivity index (χ1) is 32.3. The van der Waals surface area contributed by atoms with Crippen molar-refractivity contribution in [3.8, 4) is 0 Å². The van der Waals surface area contributed by atoms with Crippen molar-refractivity contribution in [2.75, 3.05) is 40.5 Å². The van der Waals surface area contributed by atoms with E-state index in [1.54, 1.807) is 11.1 Å². The lowest BCUT2D eigenvalue weighted by atomic mass is 9.83. The number of nitrogens with one attached hydrogen (secondary N) is 3. The van der Waals surface area contributed by atoms with E-state index in [4.69, 9.17) is 0 Å². The van der Waals surface area contributed by atoms with Crippen LogP contribution in [0.15, 0.2) is 200 Å². The molecule has 6 aromatic rings. The Bertz CT molecular complexity index is 2340. The highest BCUT2D eigenvalue weighted by Crippen LogP contribution is 2.47. The van der Waals surface area contributed by atoms with Crippen molar-refractivity contribution in [1.29, 1.82) is 0 Å². The fraction of sp³-hybridized carbons (Fsp3) is 0.311. The Morgan fingerprint density at radius 3 is 1.60 bits per heavy atom. The molecule has 4 heteroatoms. The van der Waals surface area contributed by atoms with Crippen molar-refractivity contribution < 1.29 is 0 Å². The summed E-state index contributed by atoms with van der Waals surface area (Å²) in [4.78, 5) is 2.55. The van der Waals surface area contributed by atoms with Gasteiger partial charge in [-0.25, -0.2) is 0 Å². The molecule has 4 unspecified atom stereocenters. The van der Waals surface area contributed by atoms with Crippen molar-refractivity contribution in [2.24, 2.45) is 17.8 Å². The topological polar surface area (TPSA) is 39.3 Å². The van der Waals surface area contributed by atoms with Crippen molar-refractivity contribution in [1.82, 2.24) is 0 Å². The summed E-state index contributed by atoms with van der Waals surface area (Å²) in [5.41, 5.74) is 12.7. The quantitative estimate of drug-likeness (QED) is 0.151. The molecule has 0 spiro atoms. The highest BCUT2D eigenvalue weighted by molar-refractivity contribution is 5.60. The van der Waals surface area contributed by atoms with Crippen LogP contribution < -0.4 is 20.9 Å². The second-order valence-electron chi connectivity index (χ2n) is 18.7. The van der Waals surface area contributed by atoms with Gasteiger partial charge in [-0.1, -0.05) is 183 Å². The number of fused-ring (bicyclic) bond motifs is 9. The van der Waals surface area contributed by atoms with Gasteiger partial charge in [0.15, 0.2) is 0 Å². The molecule has 65 heavy (non-hydrogen) atoms. The molecule has 2 fully saturated rings. The maximum absolute atomic E-state index is 3.53. The average molecular weight is 857 g/mol. The minimum absolute atomic E-state index is 0.637. The van der Waals surface area contributed by atoms with Gasteiger partial charge in [0, 0.05) is 61.4 Å². The molecule has 0 radical (unpaired) electrons. The number of para-hydroxylation sites is 4. The van der Waals surface area contributed by atoms with E-state index in [1.807, 2.05) is 24.3 Å². The second-order valence-corrected chi connectivity index (χ2v) is 18.7. The summed E-state index contributed by atoms with van der Waals surface area (Å²) in [6.45, 7) is 5.46. The summed E-state index contributed by atoms with van der Waals surface area (Å²) < 4.78 is 0. The predicted octanol–water partition coefficient (Wildman–Crippen LogP) is 15.2. The second kappa shape index (κ2) is 22.6. The van der Waals surface area contributed by atoms with Crippen LogP contribution in [0.4, 0.5) is 22.7 Å². The van der Waals surface area contributed by atoms with Crippen LogP contribution in [-0.4, -0.2) is 19.6 Å². The molecule has 13 rings (SSSR count). The molecule has 3 N–H and O–H groups in total. The van der Waals surface area contributed by atoms with Crippen LogP contribution in [0.1, 0.15) is 96.9 Å². The van der Waals surface area contributed by atoms with E-state index in [1.165, 1.54) is 98.3 Å². The molecule has 6 aromatic carbocycles. The zero-order valence-corrected chi connectivity index (χ0v) is 38.2. The Kier molecular flexibility index (Phi) is 15.3. The Hall–Kier alpha value is -6.26. The van der Waals surface area contributed by atoms with Crippen molar-refractivity contribution in [3.63, 3.8) is 0 Å². The third-order valence-corrected chi connectivity index (χ3v) is 14.5. The normalized spacial score (nSPS) is 22.9.